The summed E-state index contributed by atoms with van der Waals surface area (Å²) in [5, 5.41) is 12.3. The lowest BCUT2D eigenvalue weighted by molar-refractivity contribution is -0.139. The van der Waals surface area contributed by atoms with Crippen LogP contribution < -0.4 is 5.32 Å². The Balaban J connectivity index is 2.36. The number of hydrogen-bond acceptors (Lipinski definition) is 2. The van der Waals surface area contributed by atoms with Gasteiger partial charge in [0.1, 0.15) is 6.04 Å². The summed E-state index contributed by atoms with van der Waals surface area (Å²) in [7, 11) is 0. The number of carboxylic acids is 1. The third kappa shape index (κ3) is 5.32. The summed E-state index contributed by atoms with van der Waals surface area (Å²) in [6.45, 7) is 4.08. The summed E-state index contributed by atoms with van der Waals surface area (Å²) < 4.78 is 0. The van der Waals surface area contributed by atoms with E-state index in [0.717, 1.165) is 19.3 Å². The second-order valence-corrected chi connectivity index (χ2v) is 4.74. The maximum Gasteiger partial charge on any atom is 0.320 e. The average Bonchev–Trinajstić information content (AvgIpc) is 2.38. The highest BCUT2D eigenvalue weighted by Crippen LogP contribution is 2.07. The number of carboxylic acid groups (broad SMARTS) is 1. The Morgan fingerprint density at radius 3 is 2.56 bits per heavy atom. The fraction of sp³-hybridized carbons (Fsp3) is 0.533. The first-order valence-electron chi connectivity index (χ1n) is 6.66. The van der Waals surface area contributed by atoms with E-state index in [1.165, 1.54) is 5.56 Å². The Kier molecular flexibility index (Phi) is 6.44. The van der Waals surface area contributed by atoms with Crippen LogP contribution in [0, 0.1) is 0 Å². The van der Waals surface area contributed by atoms with Crippen molar-refractivity contribution >= 4 is 5.97 Å². The molecule has 1 aromatic rings. The van der Waals surface area contributed by atoms with E-state index >= 15 is 0 Å². The molecule has 0 bridgehead atoms. The van der Waals surface area contributed by atoms with E-state index in [0.29, 0.717) is 6.42 Å². The molecular weight excluding hydrogens is 226 g/mol. The van der Waals surface area contributed by atoms with Crippen LogP contribution in [0.2, 0.25) is 0 Å². The Hall–Kier alpha value is -1.35. The molecule has 0 aromatic heterocycles. The SMILES string of the molecule is CCC(C)NC(CCCc1ccccc1)C(=O)O. The van der Waals surface area contributed by atoms with Crippen molar-refractivity contribution in [2.45, 2.75) is 51.6 Å². The van der Waals surface area contributed by atoms with Gasteiger partial charge in [-0.25, -0.2) is 0 Å². The third-order valence-corrected chi connectivity index (χ3v) is 3.20. The van der Waals surface area contributed by atoms with Gasteiger partial charge in [-0.15, -0.1) is 0 Å². The molecule has 0 aliphatic heterocycles. The average molecular weight is 249 g/mol. The maximum atomic E-state index is 11.1. The van der Waals surface area contributed by atoms with Crippen LogP contribution in [0.1, 0.15) is 38.7 Å². The highest BCUT2D eigenvalue weighted by atomic mass is 16.4. The summed E-state index contributed by atoms with van der Waals surface area (Å²) >= 11 is 0. The number of aryl methyl sites for hydroxylation is 1. The smallest absolute Gasteiger partial charge is 0.320 e. The van der Waals surface area contributed by atoms with E-state index in [1.807, 2.05) is 25.1 Å². The molecule has 0 fully saturated rings. The van der Waals surface area contributed by atoms with Crippen LogP contribution in [-0.4, -0.2) is 23.2 Å². The maximum absolute atomic E-state index is 11.1. The van der Waals surface area contributed by atoms with Crippen LogP contribution in [0.25, 0.3) is 0 Å². The van der Waals surface area contributed by atoms with Gasteiger partial charge in [0.05, 0.1) is 0 Å². The van der Waals surface area contributed by atoms with Crippen molar-refractivity contribution in [1.82, 2.24) is 5.32 Å². The number of nitrogens with one attached hydrogen (secondary N) is 1. The molecule has 2 atom stereocenters. The van der Waals surface area contributed by atoms with Crippen LogP contribution in [-0.2, 0) is 11.2 Å². The molecule has 100 valence electrons. The first-order valence-corrected chi connectivity index (χ1v) is 6.66. The van der Waals surface area contributed by atoms with Crippen molar-refractivity contribution in [3.05, 3.63) is 35.9 Å². The van der Waals surface area contributed by atoms with Gasteiger partial charge in [-0.2, -0.15) is 0 Å². The van der Waals surface area contributed by atoms with Gasteiger partial charge in [0.25, 0.3) is 0 Å². The standard InChI is InChI=1S/C15H23NO2/c1-3-12(2)16-14(15(17)18)11-7-10-13-8-5-4-6-9-13/h4-6,8-9,12,14,16H,3,7,10-11H2,1-2H3,(H,17,18). The lowest BCUT2D eigenvalue weighted by Crippen LogP contribution is -2.41. The molecule has 0 aliphatic carbocycles. The van der Waals surface area contributed by atoms with Crippen molar-refractivity contribution in [3.8, 4) is 0 Å². The first-order chi connectivity index (χ1) is 8.63. The quantitative estimate of drug-likeness (QED) is 0.745. The van der Waals surface area contributed by atoms with Crippen LogP contribution in [0.5, 0.6) is 0 Å². The fourth-order valence-electron chi connectivity index (χ4n) is 1.89. The number of carbonyl (C=O) groups is 1. The van der Waals surface area contributed by atoms with Gasteiger partial charge in [0.15, 0.2) is 0 Å². The summed E-state index contributed by atoms with van der Waals surface area (Å²) in [6.07, 6.45) is 3.45. The number of benzene rings is 1. The fourth-order valence-corrected chi connectivity index (χ4v) is 1.89. The Bertz CT molecular complexity index is 351. The molecule has 2 N–H and O–H groups in total. The molecular formula is C15H23NO2. The molecule has 0 saturated heterocycles. The van der Waals surface area contributed by atoms with Crippen molar-refractivity contribution < 1.29 is 9.90 Å². The molecule has 0 amide bonds. The van der Waals surface area contributed by atoms with Gasteiger partial charge in [0.2, 0.25) is 0 Å². The van der Waals surface area contributed by atoms with Crippen molar-refractivity contribution in [3.63, 3.8) is 0 Å². The summed E-state index contributed by atoms with van der Waals surface area (Å²) in [6, 6.07) is 10.0. The van der Waals surface area contributed by atoms with E-state index in [9.17, 15) is 4.79 Å². The molecule has 2 unspecified atom stereocenters. The monoisotopic (exact) mass is 249 g/mol. The van der Waals surface area contributed by atoms with Gasteiger partial charge < -0.3 is 10.4 Å². The molecule has 0 heterocycles. The van der Waals surface area contributed by atoms with Crippen molar-refractivity contribution in [2.75, 3.05) is 0 Å². The van der Waals surface area contributed by atoms with Crippen molar-refractivity contribution in [2.24, 2.45) is 0 Å². The Morgan fingerprint density at radius 2 is 2.00 bits per heavy atom. The summed E-state index contributed by atoms with van der Waals surface area (Å²) in [5.41, 5.74) is 1.27. The van der Waals surface area contributed by atoms with E-state index < -0.39 is 12.0 Å². The van der Waals surface area contributed by atoms with E-state index in [-0.39, 0.29) is 6.04 Å². The molecule has 0 saturated carbocycles. The molecule has 1 aromatic carbocycles. The molecule has 1 rings (SSSR count). The summed E-state index contributed by atoms with van der Waals surface area (Å²) in [5.74, 6) is -0.747. The number of rotatable bonds is 8. The van der Waals surface area contributed by atoms with Crippen LogP contribution in [0.3, 0.4) is 0 Å². The second kappa shape index (κ2) is 7.88. The minimum absolute atomic E-state index is 0.253. The largest absolute Gasteiger partial charge is 0.480 e. The third-order valence-electron chi connectivity index (χ3n) is 3.20. The van der Waals surface area contributed by atoms with Crippen LogP contribution in [0.4, 0.5) is 0 Å². The number of aliphatic carboxylic acids is 1. The lowest BCUT2D eigenvalue weighted by Gasteiger charge is -2.18. The Morgan fingerprint density at radius 1 is 1.33 bits per heavy atom. The van der Waals surface area contributed by atoms with Gasteiger partial charge >= 0.3 is 5.97 Å². The predicted octanol–water partition coefficient (Wildman–Crippen LogP) is 2.85. The lowest BCUT2D eigenvalue weighted by atomic mass is 10.0. The highest BCUT2D eigenvalue weighted by molar-refractivity contribution is 5.73. The first kappa shape index (κ1) is 14.7. The van der Waals surface area contributed by atoms with Gasteiger partial charge in [0, 0.05) is 6.04 Å². The number of hydrogen-bond donors (Lipinski definition) is 2. The van der Waals surface area contributed by atoms with Crippen molar-refractivity contribution in [1.29, 1.82) is 0 Å². The van der Waals surface area contributed by atoms with E-state index in [1.54, 1.807) is 0 Å². The zero-order chi connectivity index (χ0) is 13.4. The zero-order valence-electron chi connectivity index (χ0n) is 11.2. The van der Waals surface area contributed by atoms with E-state index in [4.69, 9.17) is 5.11 Å². The molecule has 0 aliphatic rings. The molecule has 3 nitrogen and oxygen atoms in total. The highest BCUT2D eigenvalue weighted by Gasteiger charge is 2.18. The zero-order valence-corrected chi connectivity index (χ0v) is 11.2. The van der Waals surface area contributed by atoms with Gasteiger partial charge in [-0.3, -0.25) is 4.79 Å². The Labute approximate surface area is 109 Å². The van der Waals surface area contributed by atoms with Gasteiger partial charge in [-0.05, 0) is 38.2 Å². The minimum atomic E-state index is -0.747. The normalized spacial score (nSPS) is 14.1. The van der Waals surface area contributed by atoms with Crippen LogP contribution >= 0.6 is 0 Å². The molecule has 0 radical (unpaired) electrons. The summed E-state index contributed by atoms with van der Waals surface area (Å²) in [4.78, 5) is 11.1. The van der Waals surface area contributed by atoms with Crippen LogP contribution in [0.15, 0.2) is 30.3 Å². The topological polar surface area (TPSA) is 49.3 Å². The van der Waals surface area contributed by atoms with E-state index in [2.05, 4.69) is 24.4 Å². The molecule has 3 heteroatoms. The molecule has 18 heavy (non-hydrogen) atoms. The molecule has 0 spiro atoms. The second-order valence-electron chi connectivity index (χ2n) is 4.74. The minimum Gasteiger partial charge on any atom is -0.480 e. The predicted molar refractivity (Wildman–Crippen MR) is 73.7 cm³/mol. The van der Waals surface area contributed by atoms with Gasteiger partial charge in [-0.1, -0.05) is 37.3 Å².